The second-order valence-electron chi connectivity index (χ2n) is 6.96. The Morgan fingerprint density at radius 2 is 1.58 bits per heavy atom. The summed E-state index contributed by atoms with van der Waals surface area (Å²) >= 11 is 0. The van der Waals surface area contributed by atoms with Crippen LogP contribution in [0.5, 0.6) is 11.5 Å². The second kappa shape index (κ2) is 9.63. The number of imidazole rings is 1. The standard InChI is InChI=1S/C25H22N2O4/c28-25(29)20-8-6-18(7-9-20)14-15-30-22-12-10-19(11-13-22)23-16-26-24(27-23)17-31-21-4-2-1-3-5-21/h1-13,16H,14-15,17H2,(H,26,27)(H,28,29). The van der Waals surface area contributed by atoms with Crippen LogP contribution in [0, 0.1) is 0 Å². The van der Waals surface area contributed by atoms with Crippen LogP contribution in [0.2, 0.25) is 0 Å². The molecule has 6 nitrogen and oxygen atoms in total. The van der Waals surface area contributed by atoms with Crippen LogP contribution in [0.3, 0.4) is 0 Å². The van der Waals surface area contributed by atoms with Gasteiger partial charge in [-0.05, 0) is 54.1 Å². The molecule has 4 rings (SSSR count). The molecular weight excluding hydrogens is 392 g/mol. The van der Waals surface area contributed by atoms with Crippen molar-refractivity contribution in [2.24, 2.45) is 0 Å². The van der Waals surface area contributed by atoms with E-state index in [9.17, 15) is 4.79 Å². The van der Waals surface area contributed by atoms with Crippen LogP contribution < -0.4 is 9.47 Å². The van der Waals surface area contributed by atoms with Crippen molar-refractivity contribution in [2.45, 2.75) is 13.0 Å². The van der Waals surface area contributed by atoms with Crippen molar-refractivity contribution in [1.82, 2.24) is 9.97 Å². The minimum Gasteiger partial charge on any atom is -0.493 e. The first-order valence-corrected chi connectivity index (χ1v) is 9.95. The molecule has 0 amide bonds. The number of carboxylic acid groups (broad SMARTS) is 1. The van der Waals surface area contributed by atoms with E-state index in [2.05, 4.69) is 9.97 Å². The number of aromatic nitrogens is 2. The van der Waals surface area contributed by atoms with Crippen LogP contribution in [0.25, 0.3) is 11.3 Å². The molecule has 0 radical (unpaired) electrons. The summed E-state index contributed by atoms with van der Waals surface area (Å²) in [6.07, 6.45) is 2.56. The third-order valence-electron chi connectivity index (χ3n) is 4.76. The lowest BCUT2D eigenvalue weighted by atomic mass is 10.1. The number of para-hydroxylation sites is 1. The second-order valence-corrected chi connectivity index (χ2v) is 6.96. The molecular formula is C25H22N2O4. The number of ether oxygens (including phenoxy) is 2. The number of aromatic carboxylic acids is 1. The molecule has 0 fully saturated rings. The van der Waals surface area contributed by atoms with Crippen LogP contribution in [-0.4, -0.2) is 27.7 Å². The summed E-state index contributed by atoms with van der Waals surface area (Å²) in [5.74, 6) is 1.41. The molecule has 0 saturated carbocycles. The number of rotatable bonds is 9. The molecule has 0 aliphatic carbocycles. The van der Waals surface area contributed by atoms with Crippen LogP contribution in [0.1, 0.15) is 21.7 Å². The van der Waals surface area contributed by atoms with Crippen molar-refractivity contribution in [2.75, 3.05) is 6.61 Å². The van der Waals surface area contributed by atoms with E-state index in [1.165, 1.54) is 0 Å². The summed E-state index contributed by atoms with van der Waals surface area (Å²) in [5, 5.41) is 8.94. The van der Waals surface area contributed by atoms with Crippen molar-refractivity contribution < 1.29 is 19.4 Å². The molecule has 156 valence electrons. The number of carbonyl (C=O) groups is 1. The molecule has 1 aromatic heterocycles. The van der Waals surface area contributed by atoms with Gasteiger partial charge in [0.1, 0.15) is 23.9 Å². The Morgan fingerprint density at radius 1 is 0.871 bits per heavy atom. The summed E-state index contributed by atoms with van der Waals surface area (Å²) in [6.45, 7) is 0.883. The van der Waals surface area contributed by atoms with Gasteiger partial charge < -0.3 is 19.6 Å². The van der Waals surface area contributed by atoms with Gasteiger partial charge in [-0.3, -0.25) is 0 Å². The molecule has 0 unspecified atom stereocenters. The number of benzene rings is 3. The first-order chi connectivity index (χ1) is 15.2. The Balaban J connectivity index is 1.28. The van der Waals surface area contributed by atoms with Gasteiger partial charge >= 0.3 is 5.97 Å². The molecule has 0 spiro atoms. The molecule has 2 N–H and O–H groups in total. The van der Waals surface area contributed by atoms with E-state index in [-0.39, 0.29) is 5.56 Å². The van der Waals surface area contributed by atoms with E-state index in [4.69, 9.17) is 14.6 Å². The number of H-pyrrole nitrogens is 1. The maximum Gasteiger partial charge on any atom is 0.335 e. The Hall–Kier alpha value is -4.06. The van der Waals surface area contributed by atoms with Crippen molar-refractivity contribution >= 4 is 5.97 Å². The van der Waals surface area contributed by atoms with Gasteiger partial charge in [-0.2, -0.15) is 0 Å². The lowest BCUT2D eigenvalue weighted by molar-refractivity contribution is 0.0697. The molecule has 0 saturated heterocycles. The average Bonchev–Trinajstić information content (AvgIpc) is 3.28. The molecule has 4 aromatic rings. The van der Waals surface area contributed by atoms with Gasteiger partial charge in [0.2, 0.25) is 0 Å². The maximum absolute atomic E-state index is 10.9. The van der Waals surface area contributed by atoms with Gasteiger partial charge in [0, 0.05) is 18.2 Å². The highest BCUT2D eigenvalue weighted by molar-refractivity contribution is 5.87. The van der Waals surface area contributed by atoms with Crippen molar-refractivity contribution in [3.8, 4) is 22.8 Å². The minimum absolute atomic E-state index is 0.286. The Labute approximate surface area is 180 Å². The van der Waals surface area contributed by atoms with Crippen LogP contribution in [-0.2, 0) is 13.0 Å². The number of hydrogen-bond donors (Lipinski definition) is 2. The van der Waals surface area contributed by atoms with E-state index < -0.39 is 5.97 Å². The maximum atomic E-state index is 10.9. The smallest absolute Gasteiger partial charge is 0.335 e. The number of aromatic amines is 1. The van der Waals surface area contributed by atoms with Crippen molar-refractivity contribution in [3.05, 3.63) is 102 Å². The molecule has 31 heavy (non-hydrogen) atoms. The zero-order valence-corrected chi connectivity index (χ0v) is 16.8. The molecule has 0 aliphatic rings. The van der Waals surface area contributed by atoms with Gasteiger partial charge in [-0.25, -0.2) is 9.78 Å². The molecule has 6 heteroatoms. The van der Waals surface area contributed by atoms with E-state index in [1.807, 2.05) is 72.9 Å². The third kappa shape index (κ3) is 5.51. The highest BCUT2D eigenvalue weighted by Crippen LogP contribution is 2.21. The average molecular weight is 414 g/mol. The molecule has 0 atom stereocenters. The van der Waals surface area contributed by atoms with Gasteiger partial charge in [-0.1, -0.05) is 30.3 Å². The monoisotopic (exact) mass is 414 g/mol. The number of carboxylic acids is 1. The van der Waals surface area contributed by atoms with E-state index >= 15 is 0 Å². The largest absolute Gasteiger partial charge is 0.493 e. The van der Waals surface area contributed by atoms with E-state index in [0.29, 0.717) is 19.6 Å². The zero-order chi connectivity index (χ0) is 21.5. The molecule has 3 aromatic carbocycles. The summed E-state index contributed by atoms with van der Waals surface area (Å²) in [5.41, 5.74) is 3.15. The highest BCUT2D eigenvalue weighted by Gasteiger charge is 2.06. The zero-order valence-electron chi connectivity index (χ0n) is 16.8. The SMILES string of the molecule is O=C(O)c1ccc(CCOc2ccc(-c3c[nH]c(COc4ccccc4)n3)cc2)cc1. The fraction of sp³-hybridized carbons (Fsp3) is 0.120. The number of hydrogen-bond acceptors (Lipinski definition) is 4. The van der Waals surface area contributed by atoms with E-state index in [0.717, 1.165) is 34.1 Å². The summed E-state index contributed by atoms with van der Waals surface area (Å²) in [4.78, 5) is 18.6. The van der Waals surface area contributed by atoms with Gasteiger partial charge in [0.05, 0.1) is 17.9 Å². The lowest BCUT2D eigenvalue weighted by Gasteiger charge is -2.07. The predicted octanol–water partition coefficient (Wildman–Crippen LogP) is 4.98. The van der Waals surface area contributed by atoms with Crippen LogP contribution in [0.4, 0.5) is 0 Å². The van der Waals surface area contributed by atoms with E-state index in [1.54, 1.807) is 12.1 Å². The normalized spacial score (nSPS) is 10.6. The molecule has 1 heterocycles. The minimum atomic E-state index is -0.921. The quantitative estimate of drug-likeness (QED) is 0.404. The number of nitrogens with zero attached hydrogens (tertiary/aromatic N) is 1. The highest BCUT2D eigenvalue weighted by atomic mass is 16.5. The van der Waals surface area contributed by atoms with Gasteiger partial charge in [0.25, 0.3) is 0 Å². The Kier molecular flexibility index (Phi) is 6.28. The molecule has 0 bridgehead atoms. The summed E-state index contributed by atoms with van der Waals surface area (Å²) < 4.78 is 11.5. The summed E-state index contributed by atoms with van der Waals surface area (Å²) in [6, 6.07) is 24.2. The third-order valence-corrected chi connectivity index (χ3v) is 4.76. The summed E-state index contributed by atoms with van der Waals surface area (Å²) in [7, 11) is 0. The van der Waals surface area contributed by atoms with Crippen LogP contribution in [0.15, 0.2) is 85.1 Å². The molecule has 0 aliphatic heterocycles. The van der Waals surface area contributed by atoms with Crippen molar-refractivity contribution in [3.63, 3.8) is 0 Å². The topological polar surface area (TPSA) is 84.4 Å². The number of nitrogens with one attached hydrogen (secondary N) is 1. The predicted molar refractivity (Wildman–Crippen MR) is 117 cm³/mol. The fourth-order valence-corrected chi connectivity index (χ4v) is 3.07. The lowest BCUT2D eigenvalue weighted by Crippen LogP contribution is -2.02. The van der Waals surface area contributed by atoms with Crippen molar-refractivity contribution in [1.29, 1.82) is 0 Å². The Bertz CT molecular complexity index is 1120. The first kappa shape index (κ1) is 20.2. The first-order valence-electron chi connectivity index (χ1n) is 9.95. The van der Waals surface area contributed by atoms with Gasteiger partial charge in [0.15, 0.2) is 0 Å². The van der Waals surface area contributed by atoms with Crippen LogP contribution >= 0.6 is 0 Å². The fourth-order valence-electron chi connectivity index (χ4n) is 3.07. The van der Waals surface area contributed by atoms with Gasteiger partial charge in [-0.15, -0.1) is 0 Å². The Morgan fingerprint density at radius 3 is 2.29 bits per heavy atom.